The van der Waals surface area contributed by atoms with Crippen molar-refractivity contribution in [2.45, 2.75) is 29.2 Å². The Morgan fingerprint density at radius 1 is 1.09 bits per heavy atom. The molecule has 1 atom stereocenters. The van der Waals surface area contributed by atoms with Crippen molar-refractivity contribution in [2.75, 3.05) is 0 Å². The molecule has 1 fully saturated rings. The molecule has 3 rings (SSSR count). The molecule has 22 heavy (non-hydrogen) atoms. The van der Waals surface area contributed by atoms with Crippen LogP contribution in [0.5, 0.6) is 0 Å². The van der Waals surface area contributed by atoms with Gasteiger partial charge in [0, 0.05) is 0 Å². The fourth-order valence-electron chi connectivity index (χ4n) is 2.55. The maximum Gasteiger partial charge on any atom is 0.309 e. The number of benzene rings is 2. The molecule has 1 unspecified atom stereocenters. The van der Waals surface area contributed by atoms with Crippen molar-refractivity contribution in [1.82, 2.24) is 0 Å². The molecule has 116 valence electrons. The summed E-state index contributed by atoms with van der Waals surface area (Å²) in [6, 6.07) is 13.6. The first kappa shape index (κ1) is 15.9. The highest BCUT2D eigenvalue weighted by atomic mass is 35.6. The van der Waals surface area contributed by atoms with Crippen LogP contribution in [0.4, 0.5) is 0 Å². The van der Waals surface area contributed by atoms with E-state index in [1.807, 2.05) is 42.5 Å². The van der Waals surface area contributed by atoms with E-state index in [4.69, 9.17) is 39.5 Å². The number of esters is 1. The zero-order valence-corrected chi connectivity index (χ0v) is 14.0. The molecule has 0 amide bonds. The molecule has 2 aromatic rings. The largest absolute Gasteiger partial charge is 0.453 e. The standard InChI is InChI=1S/C17H15Cl3O2/c18-17(19,20)15(22-16(21)12-6-3-7-12)14-9-8-11-4-1-2-5-13(11)10-14/h1-2,4-5,8-10,12,15H,3,6-7H2. The SMILES string of the molecule is O=C(OC(c1ccc2ccccc2c1)C(Cl)(Cl)Cl)C1CCC1. The zero-order valence-electron chi connectivity index (χ0n) is 11.8. The molecule has 0 bridgehead atoms. The van der Waals surface area contributed by atoms with E-state index in [1.165, 1.54) is 0 Å². The summed E-state index contributed by atoms with van der Waals surface area (Å²) in [7, 11) is 0. The van der Waals surface area contributed by atoms with Crippen LogP contribution >= 0.6 is 34.8 Å². The second kappa shape index (κ2) is 6.27. The van der Waals surface area contributed by atoms with E-state index in [0.29, 0.717) is 5.56 Å². The third-order valence-corrected chi connectivity index (χ3v) is 4.64. The molecule has 0 saturated heterocycles. The Kier molecular flexibility index (Phi) is 4.54. The van der Waals surface area contributed by atoms with Gasteiger partial charge in [-0.05, 0) is 35.2 Å². The summed E-state index contributed by atoms with van der Waals surface area (Å²) >= 11 is 18.1. The second-order valence-electron chi connectivity index (χ2n) is 5.59. The quantitative estimate of drug-likeness (QED) is 0.528. The number of hydrogen-bond donors (Lipinski definition) is 0. The number of alkyl halides is 3. The Hall–Kier alpha value is -0.960. The van der Waals surface area contributed by atoms with Crippen LogP contribution in [0.15, 0.2) is 42.5 Å². The first-order valence-corrected chi connectivity index (χ1v) is 8.34. The van der Waals surface area contributed by atoms with Crippen LogP contribution in [0, 0.1) is 5.92 Å². The van der Waals surface area contributed by atoms with Crippen molar-refractivity contribution in [3.8, 4) is 0 Å². The van der Waals surface area contributed by atoms with Crippen LogP contribution in [-0.2, 0) is 9.53 Å². The summed E-state index contributed by atoms with van der Waals surface area (Å²) < 4.78 is 3.81. The molecule has 0 heterocycles. The van der Waals surface area contributed by atoms with E-state index in [2.05, 4.69) is 0 Å². The molecule has 2 aromatic carbocycles. The van der Waals surface area contributed by atoms with Gasteiger partial charge in [0.25, 0.3) is 0 Å². The van der Waals surface area contributed by atoms with Crippen LogP contribution in [0.3, 0.4) is 0 Å². The monoisotopic (exact) mass is 356 g/mol. The predicted molar refractivity (Wildman–Crippen MR) is 90.4 cm³/mol. The van der Waals surface area contributed by atoms with Crippen LogP contribution in [-0.4, -0.2) is 9.76 Å². The van der Waals surface area contributed by atoms with E-state index in [9.17, 15) is 4.79 Å². The Morgan fingerprint density at radius 3 is 2.36 bits per heavy atom. The maximum atomic E-state index is 12.1. The number of ether oxygens (including phenoxy) is 1. The molecular weight excluding hydrogens is 343 g/mol. The van der Waals surface area contributed by atoms with Crippen LogP contribution in [0.25, 0.3) is 10.8 Å². The molecule has 1 aliphatic carbocycles. The van der Waals surface area contributed by atoms with Crippen LogP contribution < -0.4 is 0 Å². The molecular formula is C17H15Cl3O2. The highest BCUT2D eigenvalue weighted by Gasteiger charge is 2.39. The summed E-state index contributed by atoms with van der Waals surface area (Å²) in [5.74, 6) is -0.342. The Bertz CT molecular complexity index is 690. The highest BCUT2D eigenvalue weighted by Crippen LogP contribution is 2.44. The number of carbonyl (C=O) groups excluding carboxylic acids is 1. The number of fused-ring (bicyclic) bond motifs is 1. The van der Waals surface area contributed by atoms with Gasteiger partial charge in [-0.15, -0.1) is 0 Å². The van der Waals surface area contributed by atoms with Crippen LogP contribution in [0.1, 0.15) is 30.9 Å². The van der Waals surface area contributed by atoms with Crippen molar-refractivity contribution >= 4 is 51.5 Å². The lowest BCUT2D eigenvalue weighted by Crippen LogP contribution is -2.30. The van der Waals surface area contributed by atoms with Crippen molar-refractivity contribution in [3.05, 3.63) is 48.0 Å². The minimum atomic E-state index is -1.71. The fraction of sp³-hybridized carbons (Fsp3) is 0.353. The molecule has 1 saturated carbocycles. The first-order valence-electron chi connectivity index (χ1n) is 7.21. The third-order valence-electron chi connectivity index (χ3n) is 4.05. The van der Waals surface area contributed by atoms with Gasteiger partial charge in [-0.2, -0.15) is 0 Å². The van der Waals surface area contributed by atoms with Crippen molar-refractivity contribution in [3.63, 3.8) is 0 Å². The molecule has 0 N–H and O–H groups in total. The molecule has 5 heteroatoms. The van der Waals surface area contributed by atoms with Gasteiger partial charge in [0.1, 0.15) is 0 Å². The molecule has 0 radical (unpaired) electrons. The molecule has 1 aliphatic rings. The highest BCUT2D eigenvalue weighted by molar-refractivity contribution is 6.68. The average Bonchev–Trinajstić information content (AvgIpc) is 2.41. The minimum absolute atomic E-state index is 0.0599. The molecule has 0 spiro atoms. The predicted octanol–water partition coefficient (Wildman–Crippen LogP) is 5.59. The van der Waals surface area contributed by atoms with Gasteiger partial charge in [-0.1, -0.05) is 77.6 Å². The van der Waals surface area contributed by atoms with E-state index < -0.39 is 9.90 Å². The summed E-state index contributed by atoms with van der Waals surface area (Å²) in [6.07, 6.45) is 1.84. The molecule has 0 aliphatic heterocycles. The van der Waals surface area contributed by atoms with Gasteiger partial charge < -0.3 is 4.74 Å². The normalized spacial score (nSPS) is 17.0. The average molecular weight is 358 g/mol. The first-order chi connectivity index (χ1) is 10.4. The van der Waals surface area contributed by atoms with Gasteiger partial charge in [-0.3, -0.25) is 4.79 Å². The number of rotatable bonds is 3. The smallest absolute Gasteiger partial charge is 0.309 e. The topological polar surface area (TPSA) is 26.3 Å². The second-order valence-corrected chi connectivity index (χ2v) is 7.96. The van der Waals surface area contributed by atoms with E-state index in [0.717, 1.165) is 30.0 Å². The van der Waals surface area contributed by atoms with Gasteiger partial charge in [0.05, 0.1) is 5.92 Å². The molecule has 2 nitrogen and oxygen atoms in total. The number of carbonyl (C=O) groups is 1. The van der Waals surface area contributed by atoms with E-state index in [1.54, 1.807) is 0 Å². The van der Waals surface area contributed by atoms with Gasteiger partial charge >= 0.3 is 5.97 Å². The number of halogens is 3. The van der Waals surface area contributed by atoms with Gasteiger partial charge in [0.2, 0.25) is 3.79 Å². The summed E-state index contributed by atoms with van der Waals surface area (Å²) in [4.78, 5) is 12.1. The number of hydrogen-bond acceptors (Lipinski definition) is 2. The van der Waals surface area contributed by atoms with Crippen LogP contribution in [0.2, 0.25) is 0 Å². The summed E-state index contributed by atoms with van der Waals surface area (Å²) in [5, 5.41) is 2.10. The fourth-order valence-corrected chi connectivity index (χ4v) is 3.06. The maximum absolute atomic E-state index is 12.1. The summed E-state index contributed by atoms with van der Waals surface area (Å²) in [6.45, 7) is 0. The third kappa shape index (κ3) is 3.34. The Labute approximate surface area is 144 Å². The molecule has 0 aromatic heterocycles. The summed E-state index contributed by atoms with van der Waals surface area (Å²) in [5.41, 5.74) is 0.686. The van der Waals surface area contributed by atoms with Crippen molar-refractivity contribution < 1.29 is 9.53 Å². The lowest BCUT2D eigenvalue weighted by atomic mass is 9.85. The van der Waals surface area contributed by atoms with Crippen molar-refractivity contribution in [2.24, 2.45) is 5.92 Å². The zero-order chi connectivity index (χ0) is 15.7. The Balaban J connectivity index is 1.91. The van der Waals surface area contributed by atoms with Gasteiger partial charge in [0.15, 0.2) is 6.10 Å². The van der Waals surface area contributed by atoms with E-state index in [-0.39, 0.29) is 11.9 Å². The lowest BCUT2D eigenvalue weighted by molar-refractivity contribution is -0.157. The lowest BCUT2D eigenvalue weighted by Gasteiger charge is -2.30. The minimum Gasteiger partial charge on any atom is -0.453 e. The van der Waals surface area contributed by atoms with Gasteiger partial charge in [-0.25, -0.2) is 0 Å². The van der Waals surface area contributed by atoms with E-state index >= 15 is 0 Å². The van der Waals surface area contributed by atoms with Crippen molar-refractivity contribution in [1.29, 1.82) is 0 Å². The Morgan fingerprint density at radius 2 is 1.77 bits per heavy atom.